The standard InChI is InChI=1S/C15H18N2O3S/c1-10-4-6-12(7-5-10)14-17-16-13(20-14)9-21-8-11(2)15(18)19-3/h4-7,11H,8-9H2,1-3H3. The monoisotopic (exact) mass is 306 g/mol. The smallest absolute Gasteiger partial charge is 0.309 e. The highest BCUT2D eigenvalue weighted by atomic mass is 32.2. The molecule has 112 valence electrons. The summed E-state index contributed by atoms with van der Waals surface area (Å²) in [5.41, 5.74) is 2.10. The van der Waals surface area contributed by atoms with Gasteiger partial charge in [0, 0.05) is 11.3 Å². The van der Waals surface area contributed by atoms with Crippen LogP contribution in [0.4, 0.5) is 0 Å². The molecule has 0 radical (unpaired) electrons. The summed E-state index contributed by atoms with van der Waals surface area (Å²) in [5.74, 6) is 1.99. The van der Waals surface area contributed by atoms with E-state index in [4.69, 9.17) is 4.42 Å². The molecule has 1 atom stereocenters. The fourth-order valence-electron chi connectivity index (χ4n) is 1.72. The minimum absolute atomic E-state index is 0.139. The number of ether oxygens (including phenoxy) is 1. The van der Waals surface area contributed by atoms with E-state index in [0.29, 0.717) is 23.3 Å². The lowest BCUT2D eigenvalue weighted by Crippen LogP contribution is -2.14. The molecule has 0 aliphatic heterocycles. The predicted molar refractivity (Wildman–Crippen MR) is 81.8 cm³/mol. The van der Waals surface area contributed by atoms with Crippen molar-refractivity contribution in [3.05, 3.63) is 35.7 Å². The van der Waals surface area contributed by atoms with Crippen molar-refractivity contribution >= 4 is 17.7 Å². The van der Waals surface area contributed by atoms with Crippen molar-refractivity contribution in [1.82, 2.24) is 10.2 Å². The van der Waals surface area contributed by atoms with Crippen LogP contribution in [-0.4, -0.2) is 29.0 Å². The maximum atomic E-state index is 11.3. The first-order valence-electron chi connectivity index (χ1n) is 6.65. The van der Waals surface area contributed by atoms with Crippen LogP contribution in [-0.2, 0) is 15.3 Å². The molecule has 1 unspecified atom stereocenters. The van der Waals surface area contributed by atoms with Gasteiger partial charge >= 0.3 is 5.97 Å². The minimum Gasteiger partial charge on any atom is -0.469 e. The summed E-state index contributed by atoms with van der Waals surface area (Å²) < 4.78 is 10.3. The molecule has 0 N–H and O–H groups in total. The van der Waals surface area contributed by atoms with Gasteiger partial charge in [0.2, 0.25) is 11.8 Å². The van der Waals surface area contributed by atoms with Gasteiger partial charge in [-0.2, -0.15) is 11.8 Å². The summed E-state index contributed by atoms with van der Waals surface area (Å²) in [6.07, 6.45) is 0. The topological polar surface area (TPSA) is 65.2 Å². The fourth-order valence-corrected chi connectivity index (χ4v) is 2.62. The van der Waals surface area contributed by atoms with E-state index in [0.717, 1.165) is 5.56 Å². The fraction of sp³-hybridized carbons (Fsp3) is 0.400. The normalized spacial score (nSPS) is 12.1. The lowest BCUT2D eigenvalue weighted by Gasteiger charge is -2.06. The van der Waals surface area contributed by atoms with Crippen molar-refractivity contribution in [2.75, 3.05) is 12.9 Å². The maximum Gasteiger partial charge on any atom is 0.309 e. The summed E-state index contributed by atoms with van der Waals surface area (Å²) in [5, 5.41) is 8.07. The zero-order valence-corrected chi connectivity index (χ0v) is 13.1. The van der Waals surface area contributed by atoms with Crippen LogP contribution in [0, 0.1) is 12.8 Å². The van der Waals surface area contributed by atoms with E-state index in [2.05, 4.69) is 14.9 Å². The summed E-state index contributed by atoms with van der Waals surface area (Å²) in [4.78, 5) is 11.3. The van der Waals surface area contributed by atoms with Gasteiger partial charge in [-0.05, 0) is 19.1 Å². The SMILES string of the molecule is COC(=O)C(C)CSCc1nnc(-c2ccc(C)cc2)o1. The summed E-state index contributed by atoms with van der Waals surface area (Å²) in [6.45, 7) is 3.87. The van der Waals surface area contributed by atoms with Crippen molar-refractivity contribution in [2.24, 2.45) is 5.92 Å². The number of aromatic nitrogens is 2. The Morgan fingerprint density at radius 1 is 1.33 bits per heavy atom. The van der Waals surface area contributed by atoms with Gasteiger partial charge in [-0.15, -0.1) is 10.2 Å². The number of nitrogens with zero attached hydrogens (tertiary/aromatic N) is 2. The molecule has 1 heterocycles. The van der Waals surface area contributed by atoms with Gasteiger partial charge in [0.05, 0.1) is 18.8 Å². The number of esters is 1. The summed E-state index contributed by atoms with van der Waals surface area (Å²) >= 11 is 1.57. The Hall–Kier alpha value is -1.82. The number of carbonyl (C=O) groups excluding carboxylic acids is 1. The lowest BCUT2D eigenvalue weighted by molar-refractivity contribution is -0.143. The van der Waals surface area contributed by atoms with Gasteiger partial charge in [-0.1, -0.05) is 24.6 Å². The molecule has 6 heteroatoms. The second kappa shape index (κ2) is 7.26. The molecule has 1 aromatic carbocycles. The van der Waals surface area contributed by atoms with Crippen LogP contribution < -0.4 is 0 Å². The third-order valence-corrected chi connectivity index (χ3v) is 4.15. The number of carbonyl (C=O) groups is 1. The van der Waals surface area contributed by atoms with Crippen molar-refractivity contribution in [2.45, 2.75) is 19.6 Å². The molecule has 5 nitrogen and oxygen atoms in total. The number of benzene rings is 1. The Labute approximate surface area is 128 Å². The average molecular weight is 306 g/mol. The molecule has 0 saturated heterocycles. The van der Waals surface area contributed by atoms with Gasteiger partial charge < -0.3 is 9.15 Å². The molecule has 0 fully saturated rings. The molecule has 2 rings (SSSR count). The molecule has 0 aliphatic rings. The molecule has 0 aliphatic carbocycles. The Kier molecular flexibility index (Phi) is 5.38. The third kappa shape index (κ3) is 4.32. The van der Waals surface area contributed by atoms with Crippen LogP contribution in [0.15, 0.2) is 28.7 Å². The first-order chi connectivity index (χ1) is 10.1. The van der Waals surface area contributed by atoms with E-state index in [9.17, 15) is 4.79 Å². The van der Waals surface area contributed by atoms with Crippen LogP contribution in [0.2, 0.25) is 0 Å². The van der Waals surface area contributed by atoms with Gasteiger partial charge in [0.15, 0.2) is 0 Å². The first kappa shape index (κ1) is 15.6. The number of methoxy groups -OCH3 is 1. The molecule has 0 spiro atoms. The van der Waals surface area contributed by atoms with E-state index < -0.39 is 0 Å². The molecule has 21 heavy (non-hydrogen) atoms. The van der Waals surface area contributed by atoms with E-state index in [1.807, 2.05) is 38.1 Å². The minimum atomic E-state index is -0.201. The summed E-state index contributed by atoms with van der Waals surface area (Å²) in [7, 11) is 1.40. The maximum absolute atomic E-state index is 11.3. The van der Waals surface area contributed by atoms with Crippen LogP contribution in [0.25, 0.3) is 11.5 Å². The number of aryl methyl sites for hydroxylation is 1. The lowest BCUT2D eigenvalue weighted by atomic mass is 10.1. The van der Waals surface area contributed by atoms with Gasteiger partial charge in [-0.3, -0.25) is 4.79 Å². The highest BCUT2D eigenvalue weighted by Crippen LogP contribution is 2.21. The Balaban J connectivity index is 1.89. The van der Waals surface area contributed by atoms with E-state index in [1.54, 1.807) is 11.8 Å². The van der Waals surface area contributed by atoms with Gasteiger partial charge in [0.25, 0.3) is 0 Å². The van der Waals surface area contributed by atoms with Crippen molar-refractivity contribution in [1.29, 1.82) is 0 Å². The van der Waals surface area contributed by atoms with E-state index >= 15 is 0 Å². The molecular formula is C15H18N2O3S. The Bertz CT molecular complexity index is 595. The second-order valence-corrected chi connectivity index (χ2v) is 5.84. The van der Waals surface area contributed by atoms with Crippen LogP contribution in [0.1, 0.15) is 18.4 Å². The van der Waals surface area contributed by atoms with Crippen molar-refractivity contribution < 1.29 is 13.9 Å². The predicted octanol–water partition coefficient (Wildman–Crippen LogP) is 3.09. The van der Waals surface area contributed by atoms with Crippen LogP contribution >= 0.6 is 11.8 Å². The highest BCUT2D eigenvalue weighted by molar-refractivity contribution is 7.98. The van der Waals surface area contributed by atoms with Gasteiger partial charge in [-0.25, -0.2) is 0 Å². The number of thioether (sulfide) groups is 1. The zero-order chi connectivity index (χ0) is 15.2. The number of hydrogen-bond donors (Lipinski definition) is 0. The third-order valence-electron chi connectivity index (χ3n) is 2.96. The molecule has 0 saturated carbocycles. The highest BCUT2D eigenvalue weighted by Gasteiger charge is 2.14. The van der Waals surface area contributed by atoms with Crippen molar-refractivity contribution in [3.63, 3.8) is 0 Å². The quantitative estimate of drug-likeness (QED) is 0.764. The number of rotatable bonds is 6. The van der Waals surface area contributed by atoms with Crippen LogP contribution in [0.3, 0.4) is 0 Å². The van der Waals surface area contributed by atoms with E-state index in [-0.39, 0.29) is 11.9 Å². The first-order valence-corrected chi connectivity index (χ1v) is 7.80. The largest absolute Gasteiger partial charge is 0.469 e. The van der Waals surface area contributed by atoms with Gasteiger partial charge in [0.1, 0.15) is 0 Å². The Morgan fingerprint density at radius 2 is 2.05 bits per heavy atom. The van der Waals surface area contributed by atoms with E-state index in [1.165, 1.54) is 12.7 Å². The van der Waals surface area contributed by atoms with Crippen molar-refractivity contribution in [3.8, 4) is 11.5 Å². The van der Waals surface area contributed by atoms with Crippen LogP contribution in [0.5, 0.6) is 0 Å². The molecule has 2 aromatic rings. The zero-order valence-electron chi connectivity index (χ0n) is 12.3. The second-order valence-electron chi connectivity index (χ2n) is 4.81. The summed E-state index contributed by atoms with van der Waals surface area (Å²) in [6, 6.07) is 7.93. The molecule has 0 bridgehead atoms. The number of hydrogen-bond acceptors (Lipinski definition) is 6. The molecule has 0 amide bonds. The molecule has 1 aromatic heterocycles. The molecular weight excluding hydrogens is 288 g/mol. The average Bonchev–Trinajstić information content (AvgIpc) is 2.95. The Morgan fingerprint density at radius 3 is 2.71 bits per heavy atom.